The summed E-state index contributed by atoms with van der Waals surface area (Å²) in [4.78, 5) is 14.5. The minimum atomic E-state index is -0.329. The number of nitrogens with two attached hydrogens (primary N) is 1. The molecular weight excluding hydrogens is 380 g/mol. The van der Waals surface area contributed by atoms with Crippen LogP contribution in [0.3, 0.4) is 0 Å². The second-order valence-corrected chi connectivity index (χ2v) is 8.15. The highest BCUT2D eigenvalue weighted by molar-refractivity contribution is 8.00. The third-order valence-electron chi connectivity index (χ3n) is 5.13. The predicted octanol–water partition coefficient (Wildman–Crippen LogP) is 4.82. The van der Waals surface area contributed by atoms with Gasteiger partial charge in [0.25, 0.3) is 0 Å². The molecule has 0 saturated carbocycles. The molecular formula is C24H16N2O2S. The number of carbonyl (C=O) groups is 1. The lowest BCUT2D eigenvalue weighted by molar-refractivity contribution is 0.103. The summed E-state index contributed by atoms with van der Waals surface area (Å²) in [5, 5.41) is 13.2. The third kappa shape index (κ3) is 2.77. The van der Waals surface area contributed by atoms with E-state index in [9.17, 15) is 9.90 Å². The lowest BCUT2D eigenvalue weighted by atomic mass is 9.99. The van der Waals surface area contributed by atoms with Gasteiger partial charge in [-0.15, -0.1) is 18.2 Å². The number of hydrogen-bond acceptors (Lipinski definition) is 5. The molecule has 1 atom stereocenters. The first-order chi connectivity index (χ1) is 14.0. The molecule has 4 nitrogen and oxygen atoms in total. The number of phenols is 1. The van der Waals surface area contributed by atoms with Crippen molar-refractivity contribution < 1.29 is 9.90 Å². The smallest absolute Gasteiger partial charge is 0.193 e. The number of aromatic hydroxyl groups is 1. The predicted molar refractivity (Wildman–Crippen MR) is 117 cm³/mol. The van der Waals surface area contributed by atoms with Crippen LogP contribution in [0.5, 0.6) is 5.75 Å². The number of terminal acetylenes is 1. The Morgan fingerprint density at radius 3 is 2.69 bits per heavy atom. The minimum absolute atomic E-state index is 0.0631. The van der Waals surface area contributed by atoms with Gasteiger partial charge in [0.15, 0.2) is 5.78 Å². The molecule has 3 aromatic rings. The van der Waals surface area contributed by atoms with Gasteiger partial charge in [-0.3, -0.25) is 4.79 Å². The summed E-state index contributed by atoms with van der Waals surface area (Å²) in [6.07, 6.45) is 5.54. The number of nitrogen functional groups attached to an aromatic ring is 1. The van der Waals surface area contributed by atoms with E-state index in [-0.39, 0.29) is 16.8 Å². The number of hydrogen-bond donors (Lipinski definition) is 3. The van der Waals surface area contributed by atoms with Crippen molar-refractivity contribution in [2.45, 2.75) is 10.1 Å². The number of fused-ring (bicyclic) bond motifs is 3. The second kappa shape index (κ2) is 6.47. The first-order valence-electron chi connectivity index (χ1n) is 9.07. The Labute approximate surface area is 172 Å². The normalized spacial score (nSPS) is 16.9. The third-order valence-corrected chi connectivity index (χ3v) is 6.49. The Balaban J connectivity index is 1.76. The molecule has 0 fully saturated rings. The summed E-state index contributed by atoms with van der Waals surface area (Å²) in [7, 11) is 0. The zero-order valence-corrected chi connectivity index (χ0v) is 16.1. The molecule has 1 aliphatic heterocycles. The average Bonchev–Trinajstić information content (AvgIpc) is 2.87. The standard InChI is InChI=1S/C24H16N2O2S/c1-2-13-7-8-17-18(9-13)23(28)21-22(17)26-19-5-3-4-6-20(19)29-24(21)14-10-15(25)12-16(27)11-14/h1,3-12,24,26-27H,25H2. The number of para-hydroxylation sites is 1. The van der Waals surface area contributed by atoms with Crippen molar-refractivity contribution in [1.82, 2.24) is 0 Å². The number of nitrogens with one attached hydrogen (secondary N) is 1. The summed E-state index contributed by atoms with van der Waals surface area (Å²) in [6.45, 7) is 0. The summed E-state index contributed by atoms with van der Waals surface area (Å²) < 4.78 is 0. The number of ketones is 1. The Kier molecular flexibility index (Phi) is 3.90. The van der Waals surface area contributed by atoms with Crippen molar-refractivity contribution in [3.63, 3.8) is 0 Å². The molecule has 1 unspecified atom stereocenters. The van der Waals surface area contributed by atoms with Gasteiger partial charge in [0.2, 0.25) is 0 Å². The first-order valence-corrected chi connectivity index (χ1v) is 9.95. The van der Waals surface area contributed by atoms with E-state index >= 15 is 0 Å². The van der Waals surface area contributed by atoms with Gasteiger partial charge in [-0.05, 0) is 42.0 Å². The topological polar surface area (TPSA) is 75.4 Å². The fourth-order valence-corrected chi connectivity index (χ4v) is 5.14. The maximum absolute atomic E-state index is 13.5. The van der Waals surface area contributed by atoms with Crippen LogP contribution < -0.4 is 11.1 Å². The molecule has 4 N–H and O–H groups in total. The maximum atomic E-state index is 13.5. The van der Waals surface area contributed by atoms with E-state index in [0.717, 1.165) is 27.4 Å². The SMILES string of the molecule is C#Cc1ccc2c(c1)C(=O)C1=C2Nc2ccccc2SC1c1cc(N)cc(O)c1. The van der Waals surface area contributed by atoms with Gasteiger partial charge in [0, 0.05) is 38.9 Å². The van der Waals surface area contributed by atoms with Crippen molar-refractivity contribution in [2.24, 2.45) is 0 Å². The molecule has 0 amide bonds. The average molecular weight is 396 g/mol. The van der Waals surface area contributed by atoms with Crippen LogP contribution in [-0.2, 0) is 0 Å². The summed E-state index contributed by atoms with van der Waals surface area (Å²) in [6, 6.07) is 18.4. The zero-order valence-electron chi connectivity index (χ0n) is 15.3. The highest BCUT2D eigenvalue weighted by Crippen LogP contribution is 2.53. The molecule has 0 spiro atoms. The van der Waals surface area contributed by atoms with E-state index in [4.69, 9.17) is 12.2 Å². The molecule has 1 heterocycles. The van der Waals surface area contributed by atoms with Gasteiger partial charge in [-0.1, -0.05) is 24.1 Å². The van der Waals surface area contributed by atoms with Crippen LogP contribution >= 0.6 is 11.8 Å². The van der Waals surface area contributed by atoms with E-state index in [1.54, 1.807) is 30.0 Å². The molecule has 1 aliphatic carbocycles. The fourth-order valence-electron chi connectivity index (χ4n) is 3.87. The lowest BCUT2D eigenvalue weighted by Crippen LogP contribution is -2.08. The molecule has 0 bridgehead atoms. The van der Waals surface area contributed by atoms with E-state index in [1.807, 2.05) is 36.4 Å². The highest BCUT2D eigenvalue weighted by Gasteiger charge is 2.38. The summed E-state index contributed by atoms with van der Waals surface area (Å²) in [5.41, 5.74) is 11.7. The van der Waals surface area contributed by atoms with E-state index in [0.29, 0.717) is 22.4 Å². The van der Waals surface area contributed by atoms with Crippen LogP contribution in [0.15, 0.2) is 71.1 Å². The molecule has 29 heavy (non-hydrogen) atoms. The number of carbonyl (C=O) groups excluding carboxylic acids is 1. The van der Waals surface area contributed by atoms with Crippen LogP contribution in [0.1, 0.15) is 32.3 Å². The number of rotatable bonds is 1. The first kappa shape index (κ1) is 17.5. The molecule has 140 valence electrons. The molecule has 5 heteroatoms. The Hall–Kier alpha value is -3.62. The van der Waals surface area contributed by atoms with Crippen molar-refractivity contribution in [3.05, 3.63) is 88.5 Å². The van der Waals surface area contributed by atoms with Gasteiger partial charge in [0.05, 0.1) is 16.6 Å². The number of thioether (sulfide) groups is 1. The van der Waals surface area contributed by atoms with Crippen LogP contribution in [0.25, 0.3) is 5.70 Å². The van der Waals surface area contributed by atoms with Crippen molar-refractivity contribution >= 4 is 34.6 Å². The van der Waals surface area contributed by atoms with Crippen molar-refractivity contribution in [1.29, 1.82) is 0 Å². The van der Waals surface area contributed by atoms with E-state index in [2.05, 4.69) is 11.2 Å². The number of benzene rings is 3. The largest absolute Gasteiger partial charge is 0.508 e. The molecule has 0 saturated heterocycles. The molecule has 3 aromatic carbocycles. The molecule has 2 aliphatic rings. The summed E-state index contributed by atoms with van der Waals surface area (Å²) >= 11 is 1.56. The van der Waals surface area contributed by atoms with Gasteiger partial charge < -0.3 is 16.2 Å². The Morgan fingerprint density at radius 2 is 1.90 bits per heavy atom. The lowest BCUT2D eigenvalue weighted by Gasteiger charge is -2.18. The van der Waals surface area contributed by atoms with Gasteiger partial charge >= 0.3 is 0 Å². The highest BCUT2D eigenvalue weighted by atomic mass is 32.2. The monoisotopic (exact) mass is 396 g/mol. The van der Waals surface area contributed by atoms with Crippen LogP contribution in [-0.4, -0.2) is 10.9 Å². The zero-order chi connectivity index (χ0) is 20.1. The number of Topliss-reactive ketones (excluding diaryl/α,β-unsaturated/α-hetero) is 1. The quantitative estimate of drug-likeness (QED) is 0.406. The maximum Gasteiger partial charge on any atom is 0.193 e. The van der Waals surface area contributed by atoms with Gasteiger partial charge in [-0.25, -0.2) is 0 Å². The van der Waals surface area contributed by atoms with Crippen molar-refractivity contribution in [3.8, 4) is 18.1 Å². The minimum Gasteiger partial charge on any atom is -0.508 e. The van der Waals surface area contributed by atoms with Crippen molar-refractivity contribution in [2.75, 3.05) is 11.1 Å². The Morgan fingerprint density at radius 1 is 1.07 bits per heavy atom. The van der Waals surface area contributed by atoms with Gasteiger partial charge in [0.1, 0.15) is 5.75 Å². The van der Waals surface area contributed by atoms with E-state index in [1.165, 1.54) is 6.07 Å². The van der Waals surface area contributed by atoms with Crippen LogP contribution in [0.2, 0.25) is 0 Å². The Bertz CT molecular complexity index is 1250. The molecule has 5 rings (SSSR count). The van der Waals surface area contributed by atoms with E-state index < -0.39 is 0 Å². The van der Waals surface area contributed by atoms with Crippen LogP contribution in [0.4, 0.5) is 11.4 Å². The van der Waals surface area contributed by atoms with Crippen LogP contribution in [0, 0.1) is 12.3 Å². The molecule has 0 aromatic heterocycles. The second-order valence-electron chi connectivity index (χ2n) is 7.00. The number of anilines is 2. The number of phenolic OH excluding ortho intramolecular Hbond substituents is 1. The summed E-state index contributed by atoms with van der Waals surface area (Å²) in [5.74, 6) is 2.61. The fraction of sp³-hybridized carbons (Fsp3) is 0.0417. The molecule has 0 radical (unpaired) electrons. The van der Waals surface area contributed by atoms with Gasteiger partial charge in [-0.2, -0.15) is 0 Å².